The number of ether oxygens (including phenoxy) is 1. The summed E-state index contributed by atoms with van der Waals surface area (Å²) >= 11 is 6.02. The van der Waals surface area contributed by atoms with Crippen LogP contribution >= 0.6 is 11.6 Å². The molecular formula is C15H14ClFN2O. The van der Waals surface area contributed by atoms with Gasteiger partial charge in [0.1, 0.15) is 11.7 Å². The maximum atomic E-state index is 13.1. The fraction of sp³-hybridized carbons (Fsp3) is 0.133. The van der Waals surface area contributed by atoms with Crippen molar-refractivity contribution in [2.24, 2.45) is 5.73 Å². The number of hydrogen-bond acceptors (Lipinski definition) is 2. The van der Waals surface area contributed by atoms with Gasteiger partial charge in [0.15, 0.2) is 0 Å². The van der Waals surface area contributed by atoms with E-state index in [2.05, 4.69) is 0 Å². The van der Waals surface area contributed by atoms with Crippen LogP contribution in [0.4, 0.5) is 4.39 Å². The number of amidine groups is 1. The van der Waals surface area contributed by atoms with Crippen molar-refractivity contribution in [3.8, 4) is 0 Å². The summed E-state index contributed by atoms with van der Waals surface area (Å²) in [5, 5.41) is 8.08. The molecule has 0 bridgehead atoms. The molecule has 0 heterocycles. The highest BCUT2D eigenvalue weighted by Crippen LogP contribution is 2.17. The van der Waals surface area contributed by atoms with Crippen LogP contribution in [-0.4, -0.2) is 5.84 Å². The molecule has 0 spiro atoms. The van der Waals surface area contributed by atoms with Gasteiger partial charge in [-0.2, -0.15) is 0 Å². The second kappa shape index (κ2) is 6.50. The molecule has 3 nitrogen and oxygen atoms in total. The molecule has 3 N–H and O–H groups in total. The van der Waals surface area contributed by atoms with Crippen molar-refractivity contribution in [2.75, 3.05) is 0 Å². The zero-order valence-electron chi connectivity index (χ0n) is 10.7. The van der Waals surface area contributed by atoms with Gasteiger partial charge in [0.2, 0.25) is 0 Å². The van der Waals surface area contributed by atoms with Crippen molar-refractivity contribution >= 4 is 17.4 Å². The van der Waals surface area contributed by atoms with Gasteiger partial charge in [-0.05, 0) is 29.3 Å². The second-order valence-corrected chi connectivity index (χ2v) is 4.71. The van der Waals surface area contributed by atoms with Gasteiger partial charge in [0.05, 0.1) is 13.2 Å². The van der Waals surface area contributed by atoms with Gasteiger partial charge in [-0.3, -0.25) is 5.41 Å². The molecule has 0 aromatic heterocycles. The molecule has 0 amide bonds. The number of hydrogen-bond donors (Lipinski definition) is 2. The third-order valence-corrected chi connectivity index (χ3v) is 3.20. The summed E-state index contributed by atoms with van der Waals surface area (Å²) in [6, 6.07) is 11.5. The highest BCUT2D eigenvalue weighted by atomic mass is 35.5. The Kier molecular flexibility index (Phi) is 4.71. The largest absolute Gasteiger partial charge is 0.384 e. The summed E-state index contributed by atoms with van der Waals surface area (Å²) in [5.41, 5.74) is 7.33. The molecule has 5 heteroatoms. The van der Waals surface area contributed by atoms with Crippen LogP contribution in [0.15, 0.2) is 42.5 Å². The molecule has 0 saturated carbocycles. The van der Waals surface area contributed by atoms with Gasteiger partial charge in [-0.25, -0.2) is 4.39 Å². The maximum Gasteiger partial charge on any atom is 0.123 e. The fourth-order valence-corrected chi connectivity index (χ4v) is 2.00. The Morgan fingerprint density at radius 2 is 1.85 bits per heavy atom. The summed E-state index contributed by atoms with van der Waals surface area (Å²) < 4.78 is 18.7. The number of nitrogens with one attached hydrogen (secondary N) is 1. The van der Waals surface area contributed by atoms with E-state index < -0.39 is 5.82 Å². The Balaban J connectivity index is 2.05. The number of halogens is 2. The Labute approximate surface area is 121 Å². The lowest BCUT2D eigenvalue weighted by Gasteiger charge is -2.10. The summed E-state index contributed by atoms with van der Waals surface area (Å²) in [6.45, 7) is 0.578. The van der Waals surface area contributed by atoms with Crippen LogP contribution in [-0.2, 0) is 18.0 Å². The third kappa shape index (κ3) is 3.56. The molecule has 0 aliphatic rings. The smallest absolute Gasteiger partial charge is 0.123 e. The normalized spacial score (nSPS) is 10.5. The Morgan fingerprint density at radius 3 is 2.55 bits per heavy atom. The van der Waals surface area contributed by atoms with Gasteiger partial charge in [-0.1, -0.05) is 35.9 Å². The molecule has 0 radical (unpaired) electrons. The highest BCUT2D eigenvalue weighted by molar-refractivity contribution is 6.31. The summed E-state index contributed by atoms with van der Waals surface area (Å²) in [6.07, 6.45) is 0. The third-order valence-electron chi connectivity index (χ3n) is 2.84. The molecule has 104 valence electrons. The molecule has 0 unspecified atom stereocenters. The van der Waals surface area contributed by atoms with E-state index in [1.54, 1.807) is 12.1 Å². The van der Waals surface area contributed by atoms with Crippen LogP contribution in [0.3, 0.4) is 0 Å². The molecule has 0 aliphatic carbocycles. The molecule has 0 fully saturated rings. The van der Waals surface area contributed by atoms with Gasteiger partial charge < -0.3 is 10.5 Å². The van der Waals surface area contributed by atoms with Gasteiger partial charge in [0.25, 0.3) is 0 Å². The van der Waals surface area contributed by atoms with E-state index in [0.717, 1.165) is 5.56 Å². The van der Waals surface area contributed by atoms with Crippen molar-refractivity contribution in [2.45, 2.75) is 13.2 Å². The van der Waals surface area contributed by atoms with Crippen molar-refractivity contribution in [3.63, 3.8) is 0 Å². The zero-order valence-corrected chi connectivity index (χ0v) is 11.5. The number of rotatable bonds is 5. The lowest BCUT2D eigenvalue weighted by atomic mass is 10.1. The quantitative estimate of drug-likeness (QED) is 0.655. The molecule has 0 saturated heterocycles. The summed E-state index contributed by atoms with van der Waals surface area (Å²) in [4.78, 5) is 0. The van der Waals surface area contributed by atoms with Gasteiger partial charge in [0, 0.05) is 10.6 Å². The van der Waals surface area contributed by atoms with E-state index in [0.29, 0.717) is 22.8 Å². The Hall–Kier alpha value is -1.91. The van der Waals surface area contributed by atoms with Crippen molar-refractivity contribution in [1.82, 2.24) is 0 Å². The summed E-state index contributed by atoms with van der Waals surface area (Å²) in [7, 11) is 0. The topological polar surface area (TPSA) is 59.1 Å². The van der Waals surface area contributed by atoms with E-state index in [4.69, 9.17) is 27.5 Å². The van der Waals surface area contributed by atoms with Gasteiger partial charge >= 0.3 is 0 Å². The second-order valence-electron chi connectivity index (χ2n) is 4.30. The van der Waals surface area contributed by atoms with Crippen molar-refractivity contribution in [1.29, 1.82) is 5.41 Å². The van der Waals surface area contributed by atoms with Crippen LogP contribution < -0.4 is 5.73 Å². The van der Waals surface area contributed by atoms with Gasteiger partial charge in [-0.15, -0.1) is 0 Å². The molecule has 2 aromatic rings. The van der Waals surface area contributed by atoms with Crippen molar-refractivity contribution in [3.05, 3.63) is 70.0 Å². The highest BCUT2D eigenvalue weighted by Gasteiger charge is 2.08. The van der Waals surface area contributed by atoms with Crippen LogP contribution in [0, 0.1) is 11.2 Å². The van der Waals surface area contributed by atoms with Crippen LogP contribution in [0.2, 0.25) is 5.02 Å². The van der Waals surface area contributed by atoms with Crippen LogP contribution in [0.25, 0.3) is 0 Å². The average molecular weight is 293 g/mol. The van der Waals surface area contributed by atoms with Crippen LogP contribution in [0.1, 0.15) is 16.7 Å². The maximum absolute atomic E-state index is 13.1. The Bertz CT molecular complexity index is 631. The molecular weight excluding hydrogens is 279 g/mol. The van der Waals surface area contributed by atoms with E-state index in [9.17, 15) is 4.39 Å². The van der Waals surface area contributed by atoms with E-state index >= 15 is 0 Å². The average Bonchev–Trinajstić information content (AvgIpc) is 2.42. The first-order chi connectivity index (χ1) is 9.58. The first kappa shape index (κ1) is 14.5. The predicted molar refractivity (Wildman–Crippen MR) is 77.4 cm³/mol. The first-order valence-corrected chi connectivity index (χ1v) is 6.39. The minimum absolute atomic E-state index is 0.180. The number of nitrogens with two attached hydrogens (primary N) is 1. The van der Waals surface area contributed by atoms with E-state index in [1.165, 1.54) is 12.1 Å². The lowest BCUT2D eigenvalue weighted by Crippen LogP contribution is -2.14. The molecule has 2 rings (SSSR count). The monoisotopic (exact) mass is 292 g/mol. The van der Waals surface area contributed by atoms with Crippen molar-refractivity contribution < 1.29 is 9.13 Å². The van der Waals surface area contributed by atoms with Crippen LogP contribution in [0.5, 0.6) is 0 Å². The molecule has 0 atom stereocenters. The minimum atomic E-state index is -0.426. The zero-order chi connectivity index (χ0) is 14.5. The van der Waals surface area contributed by atoms with E-state index in [-0.39, 0.29) is 12.4 Å². The SMILES string of the molecule is N=C(N)c1cc(F)ccc1COCc1ccccc1Cl. The standard InChI is InChI=1S/C15H14ClFN2O/c16-14-4-2-1-3-11(14)9-20-8-10-5-6-12(17)7-13(10)15(18)19/h1-7H,8-9H2,(H3,18,19). The van der Waals surface area contributed by atoms with E-state index in [1.807, 2.05) is 18.2 Å². The molecule has 0 aliphatic heterocycles. The first-order valence-electron chi connectivity index (χ1n) is 6.02. The minimum Gasteiger partial charge on any atom is -0.384 e. The molecule has 20 heavy (non-hydrogen) atoms. The summed E-state index contributed by atoms with van der Waals surface area (Å²) in [5.74, 6) is -0.606. The predicted octanol–water partition coefficient (Wildman–Crippen LogP) is 3.48. The molecule has 2 aromatic carbocycles. The number of nitrogen functional groups attached to an aromatic ring is 1. The fourth-order valence-electron chi connectivity index (χ4n) is 1.81. The number of benzene rings is 2. The lowest BCUT2D eigenvalue weighted by molar-refractivity contribution is 0.107. The Morgan fingerprint density at radius 1 is 1.15 bits per heavy atom.